The molecular formula is C30H35ClFN3O4S. The fourth-order valence-electron chi connectivity index (χ4n) is 4.16. The van der Waals surface area contributed by atoms with Gasteiger partial charge in [-0.2, -0.15) is 0 Å². The molecule has 2 atom stereocenters. The average molecular weight is 588 g/mol. The molecule has 0 saturated carbocycles. The quantitative estimate of drug-likeness (QED) is 0.319. The number of rotatable bonds is 12. The Morgan fingerprint density at radius 2 is 1.68 bits per heavy atom. The largest absolute Gasteiger partial charge is 0.352 e. The van der Waals surface area contributed by atoms with Crippen molar-refractivity contribution in [1.82, 2.24) is 10.2 Å². The van der Waals surface area contributed by atoms with E-state index in [1.54, 1.807) is 25.1 Å². The number of sulfonamides is 1. The van der Waals surface area contributed by atoms with Crippen molar-refractivity contribution >= 4 is 39.1 Å². The van der Waals surface area contributed by atoms with Gasteiger partial charge in [-0.1, -0.05) is 73.1 Å². The third kappa shape index (κ3) is 8.29. The topological polar surface area (TPSA) is 86.8 Å². The van der Waals surface area contributed by atoms with Crippen LogP contribution in [-0.4, -0.2) is 50.0 Å². The number of aryl methyl sites for hydroxylation is 1. The van der Waals surface area contributed by atoms with E-state index < -0.39 is 40.2 Å². The molecule has 0 radical (unpaired) electrons. The van der Waals surface area contributed by atoms with Crippen LogP contribution in [0, 0.1) is 12.7 Å². The number of nitrogens with one attached hydrogen (secondary N) is 1. The summed E-state index contributed by atoms with van der Waals surface area (Å²) in [5, 5.41) is 3.28. The van der Waals surface area contributed by atoms with E-state index in [1.165, 1.54) is 29.2 Å². The molecule has 0 aliphatic heterocycles. The van der Waals surface area contributed by atoms with Gasteiger partial charge in [-0.3, -0.25) is 13.9 Å². The van der Waals surface area contributed by atoms with E-state index >= 15 is 0 Å². The Hall–Kier alpha value is -3.43. The summed E-state index contributed by atoms with van der Waals surface area (Å²) in [6, 6.07) is 18.7. The molecule has 0 fully saturated rings. The highest BCUT2D eigenvalue weighted by atomic mass is 35.5. The summed E-state index contributed by atoms with van der Waals surface area (Å²) >= 11 is 6.26. The Morgan fingerprint density at radius 3 is 2.27 bits per heavy atom. The van der Waals surface area contributed by atoms with Crippen LogP contribution in [0.15, 0.2) is 72.8 Å². The molecule has 3 rings (SSSR count). The maximum atomic E-state index is 14.8. The molecule has 0 aliphatic carbocycles. The molecule has 0 bridgehead atoms. The van der Waals surface area contributed by atoms with E-state index in [0.29, 0.717) is 11.4 Å². The molecule has 0 spiro atoms. The van der Waals surface area contributed by atoms with Gasteiger partial charge in [0.15, 0.2) is 0 Å². The lowest BCUT2D eigenvalue weighted by atomic mass is 10.0. The second kappa shape index (κ2) is 13.8. The minimum atomic E-state index is -3.93. The molecule has 2 amide bonds. The Morgan fingerprint density at radius 1 is 1.02 bits per heavy atom. The number of benzene rings is 3. The molecule has 1 N–H and O–H groups in total. The fourth-order valence-corrected chi connectivity index (χ4v) is 5.17. The zero-order valence-electron chi connectivity index (χ0n) is 23.1. The molecule has 0 aromatic heterocycles. The number of nitrogens with zero attached hydrogens (tertiary/aromatic N) is 2. The van der Waals surface area contributed by atoms with Gasteiger partial charge in [-0.05, 0) is 49.6 Å². The molecule has 0 heterocycles. The Bertz CT molecular complexity index is 1440. The first-order valence-corrected chi connectivity index (χ1v) is 15.2. The van der Waals surface area contributed by atoms with Crippen molar-refractivity contribution in [3.05, 3.63) is 100 Å². The normalized spacial score (nSPS) is 12.8. The summed E-state index contributed by atoms with van der Waals surface area (Å²) in [5.74, 6) is -1.61. The predicted molar refractivity (Wildman–Crippen MR) is 157 cm³/mol. The minimum Gasteiger partial charge on any atom is -0.352 e. The van der Waals surface area contributed by atoms with Gasteiger partial charge in [0.2, 0.25) is 21.8 Å². The van der Waals surface area contributed by atoms with Crippen LogP contribution in [-0.2, 0) is 32.6 Å². The number of anilines is 1. The van der Waals surface area contributed by atoms with E-state index in [2.05, 4.69) is 5.32 Å². The van der Waals surface area contributed by atoms with Crippen molar-refractivity contribution in [2.75, 3.05) is 17.1 Å². The van der Waals surface area contributed by atoms with E-state index in [9.17, 15) is 22.4 Å². The van der Waals surface area contributed by atoms with Crippen LogP contribution in [0.1, 0.15) is 37.0 Å². The second-order valence-electron chi connectivity index (χ2n) is 9.84. The lowest BCUT2D eigenvalue weighted by Gasteiger charge is -2.34. The van der Waals surface area contributed by atoms with E-state index in [0.717, 1.165) is 21.7 Å². The molecule has 10 heteroatoms. The molecule has 7 nitrogen and oxygen atoms in total. The second-order valence-corrected chi connectivity index (χ2v) is 12.2. The number of amides is 2. The summed E-state index contributed by atoms with van der Waals surface area (Å²) in [7, 11) is -3.93. The van der Waals surface area contributed by atoms with Crippen molar-refractivity contribution in [2.45, 2.75) is 52.2 Å². The summed E-state index contributed by atoms with van der Waals surface area (Å²) in [5.41, 5.74) is 1.95. The maximum Gasteiger partial charge on any atom is 0.244 e. The van der Waals surface area contributed by atoms with Crippen molar-refractivity contribution in [2.24, 2.45) is 0 Å². The number of hydrogen-bond acceptors (Lipinski definition) is 4. The van der Waals surface area contributed by atoms with Crippen molar-refractivity contribution in [1.29, 1.82) is 0 Å². The van der Waals surface area contributed by atoms with E-state index in [1.807, 2.05) is 44.2 Å². The average Bonchev–Trinajstić information content (AvgIpc) is 2.91. The third-order valence-electron chi connectivity index (χ3n) is 6.69. The Kier molecular flexibility index (Phi) is 10.7. The van der Waals surface area contributed by atoms with Crippen LogP contribution in [0.3, 0.4) is 0 Å². The van der Waals surface area contributed by atoms with E-state index in [-0.39, 0.29) is 30.3 Å². The SMILES string of the molecule is CC[C@H](C)NC(=O)[C@@H](Cc1ccccc1)N(Cc1ccccc1F)C(=O)CN(c1ccc(C)c(Cl)c1)S(C)(=O)=O. The maximum absolute atomic E-state index is 14.8. The molecule has 3 aromatic rings. The molecular weight excluding hydrogens is 553 g/mol. The molecule has 0 saturated heterocycles. The highest BCUT2D eigenvalue weighted by Crippen LogP contribution is 2.26. The predicted octanol–water partition coefficient (Wildman–Crippen LogP) is 5.11. The van der Waals surface area contributed by atoms with Gasteiger partial charge < -0.3 is 10.2 Å². The van der Waals surface area contributed by atoms with Crippen molar-refractivity contribution in [3.63, 3.8) is 0 Å². The van der Waals surface area contributed by atoms with Crippen LogP contribution in [0.5, 0.6) is 0 Å². The van der Waals surface area contributed by atoms with Crippen LogP contribution in [0.25, 0.3) is 0 Å². The van der Waals surface area contributed by atoms with Crippen LogP contribution in [0.4, 0.5) is 10.1 Å². The summed E-state index contributed by atoms with van der Waals surface area (Å²) < 4.78 is 41.5. The standard InChI is InChI=1S/C30H35ClFN3O4S/c1-5-22(3)33-30(37)28(17-23-11-7-6-8-12-23)34(19-24-13-9-10-14-27(24)32)29(36)20-35(40(4,38)39)25-16-15-21(2)26(31)18-25/h6-16,18,22,28H,5,17,19-20H2,1-4H3,(H,33,37)/t22-,28+/m0/s1. The van der Waals surface area contributed by atoms with Gasteiger partial charge >= 0.3 is 0 Å². The molecule has 214 valence electrons. The monoisotopic (exact) mass is 587 g/mol. The first-order valence-electron chi connectivity index (χ1n) is 13.0. The van der Waals surface area contributed by atoms with Gasteiger partial charge in [-0.15, -0.1) is 0 Å². The van der Waals surface area contributed by atoms with Crippen LogP contribution < -0.4 is 9.62 Å². The number of hydrogen-bond donors (Lipinski definition) is 1. The highest BCUT2D eigenvalue weighted by Gasteiger charge is 2.34. The van der Waals surface area contributed by atoms with Gasteiger partial charge in [0.25, 0.3) is 0 Å². The van der Waals surface area contributed by atoms with Crippen LogP contribution >= 0.6 is 11.6 Å². The molecule has 3 aromatic carbocycles. The highest BCUT2D eigenvalue weighted by molar-refractivity contribution is 7.92. The molecule has 40 heavy (non-hydrogen) atoms. The molecule has 0 aliphatic rings. The zero-order chi connectivity index (χ0) is 29.4. The van der Waals surface area contributed by atoms with Gasteiger partial charge in [0, 0.05) is 29.6 Å². The summed E-state index contributed by atoms with van der Waals surface area (Å²) in [6.07, 6.45) is 1.81. The Labute approximate surface area is 241 Å². The summed E-state index contributed by atoms with van der Waals surface area (Å²) in [4.78, 5) is 28.9. The lowest BCUT2D eigenvalue weighted by Crippen LogP contribution is -2.54. The first-order chi connectivity index (χ1) is 18.9. The number of carbonyl (C=O) groups is 2. The van der Waals surface area contributed by atoms with Gasteiger partial charge in [0.05, 0.1) is 11.9 Å². The minimum absolute atomic E-state index is 0.151. The van der Waals surface area contributed by atoms with Crippen LogP contribution in [0.2, 0.25) is 5.02 Å². The van der Waals surface area contributed by atoms with Gasteiger partial charge in [0.1, 0.15) is 18.4 Å². The molecule has 0 unspecified atom stereocenters. The van der Waals surface area contributed by atoms with E-state index in [4.69, 9.17) is 11.6 Å². The third-order valence-corrected chi connectivity index (χ3v) is 8.24. The number of carbonyl (C=O) groups excluding carboxylic acids is 2. The lowest BCUT2D eigenvalue weighted by molar-refractivity contribution is -0.140. The van der Waals surface area contributed by atoms with Crippen molar-refractivity contribution < 1.29 is 22.4 Å². The fraction of sp³-hybridized carbons (Fsp3) is 0.333. The number of halogens is 2. The summed E-state index contributed by atoms with van der Waals surface area (Å²) in [6.45, 7) is 4.73. The van der Waals surface area contributed by atoms with Crippen molar-refractivity contribution in [3.8, 4) is 0 Å². The zero-order valence-corrected chi connectivity index (χ0v) is 24.7. The first kappa shape index (κ1) is 31.1. The Balaban J connectivity index is 2.08. The smallest absolute Gasteiger partial charge is 0.244 e. The van der Waals surface area contributed by atoms with Gasteiger partial charge in [-0.25, -0.2) is 12.8 Å².